The molecule has 1 rings (SSSR count). The molecule has 1 saturated carbocycles. The molecular weight excluding hydrogens is 214 g/mol. The molecule has 1 fully saturated rings. The Hall–Kier alpha value is 0.170. The summed E-state index contributed by atoms with van der Waals surface area (Å²) in [6, 6.07) is 0.422. The Bertz CT molecular complexity index is 179. The summed E-state index contributed by atoms with van der Waals surface area (Å²) in [4.78, 5) is 11.3. The molecule has 82 valence electrons. The smallest absolute Gasteiger partial charge is 0.221 e. The van der Waals surface area contributed by atoms with Gasteiger partial charge in [0.05, 0.1) is 0 Å². The number of carbonyl (C=O) groups excluding carboxylic acids is 1. The van der Waals surface area contributed by atoms with Crippen LogP contribution in [0.1, 0.15) is 32.1 Å². The van der Waals surface area contributed by atoms with Crippen molar-refractivity contribution in [2.24, 2.45) is 0 Å². The number of carbonyl (C=O) groups is 1. The largest absolute Gasteiger partial charge is 0.353 e. The molecule has 0 heterocycles. The van der Waals surface area contributed by atoms with Gasteiger partial charge in [0.25, 0.3) is 0 Å². The maximum Gasteiger partial charge on any atom is 0.221 e. The zero-order valence-corrected chi connectivity index (χ0v) is 10.4. The standard InChI is InChI=1S/C10H19NOS2/c1-14-9-4-2-8(3-5-9)11-10(12)6-7-13/h8-9,13H,2-7H2,1H3,(H,11,12). The van der Waals surface area contributed by atoms with Gasteiger partial charge < -0.3 is 5.32 Å². The van der Waals surface area contributed by atoms with Crippen molar-refractivity contribution >= 4 is 30.3 Å². The molecule has 1 aliphatic carbocycles. The number of rotatable bonds is 4. The first-order valence-corrected chi connectivity index (χ1v) is 7.11. The number of thiol groups is 1. The molecule has 0 aromatic rings. The van der Waals surface area contributed by atoms with Crippen LogP contribution in [0.3, 0.4) is 0 Å². The van der Waals surface area contributed by atoms with E-state index in [4.69, 9.17) is 0 Å². The summed E-state index contributed by atoms with van der Waals surface area (Å²) >= 11 is 6.00. The summed E-state index contributed by atoms with van der Waals surface area (Å²) < 4.78 is 0. The fourth-order valence-corrected chi connectivity index (χ4v) is 2.79. The first-order chi connectivity index (χ1) is 6.76. The lowest BCUT2D eigenvalue weighted by atomic mass is 9.95. The van der Waals surface area contributed by atoms with Gasteiger partial charge in [-0.3, -0.25) is 4.79 Å². The highest BCUT2D eigenvalue weighted by Crippen LogP contribution is 2.26. The van der Waals surface area contributed by atoms with Gasteiger partial charge in [-0.2, -0.15) is 24.4 Å². The van der Waals surface area contributed by atoms with Gasteiger partial charge in [0.15, 0.2) is 0 Å². The third kappa shape index (κ3) is 4.13. The van der Waals surface area contributed by atoms with E-state index < -0.39 is 0 Å². The molecule has 1 N–H and O–H groups in total. The van der Waals surface area contributed by atoms with Crippen LogP contribution in [0.2, 0.25) is 0 Å². The Kier molecular flexibility index (Phi) is 5.78. The summed E-state index contributed by atoms with van der Waals surface area (Å²) in [5, 5.41) is 3.88. The van der Waals surface area contributed by atoms with E-state index in [1.807, 2.05) is 11.8 Å². The molecule has 0 aliphatic heterocycles. The number of hydrogen-bond donors (Lipinski definition) is 2. The third-order valence-corrected chi connectivity index (χ3v) is 4.07. The van der Waals surface area contributed by atoms with E-state index in [0.717, 1.165) is 18.1 Å². The van der Waals surface area contributed by atoms with Crippen molar-refractivity contribution in [2.45, 2.75) is 43.4 Å². The van der Waals surface area contributed by atoms with E-state index in [1.165, 1.54) is 12.8 Å². The van der Waals surface area contributed by atoms with Gasteiger partial charge in [0.2, 0.25) is 5.91 Å². The molecule has 0 atom stereocenters. The van der Waals surface area contributed by atoms with Crippen molar-refractivity contribution in [3.05, 3.63) is 0 Å². The number of nitrogens with one attached hydrogen (secondary N) is 1. The molecular formula is C10H19NOS2. The summed E-state index contributed by atoms with van der Waals surface area (Å²) in [6.07, 6.45) is 7.49. The minimum absolute atomic E-state index is 0.160. The molecule has 0 aromatic heterocycles. The van der Waals surface area contributed by atoms with Crippen molar-refractivity contribution < 1.29 is 4.79 Å². The fourth-order valence-electron chi connectivity index (χ4n) is 1.84. The Labute approximate surface area is 96.0 Å². The number of thioether (sulfide) groups is 1. The molecule has 0 aromatic carbocycles. The molecule has 0 radical (unpaired) electrons. The summed E-state index contributed by atoms with van der Waals surface area (Å²) in [5.41, 5.74) is 0. The minimum atomic E-state index is 0.160. The van der Waals surface area contributed by atoms with Crippen LogP contribution < -0.4 is 5.32 Å². The lowest BCUT2D eigenvalue weighted by molar-refractivity contribution is -0.121. The first kappa shape index (κ1) is 12.2. The van der Waals surface area contributed by atoms with Crippen LogP contribution in [0, 0.1) is 0 Å². The predicted octanol–water partition coefficient (Wildman–Crippen LogP) is 2.10. The molecule has 14 heavy (non-hydrogen) atoms. The molecule has 1 aliphatic rings. The second kappa shape index (κ2) is 6.62. The summed E-state index contributed by atoms with van der Waals surface area (Å²) in [7, 11) is 0. The zero-order valence-electron chi connectivity index (χ0n) is 8.66. The molecule has 0 bridgehead atoms. The topological polar surface area (TPSA) is 29.1 Å². The summed E-state index contributed by atoms with van der Waals surface area (Å²) in [6.45, 7) is 0. The highest BCUT2D eigenvalue weighted by Gasteiger charge is 2.21. The molecule has 0 spiro atoms. The second-order valence-electron chi connectivity index (χ2n) is 3.75. The minimum Gasteiger partial charge on any atom is -0.353 e. The molecule has 2 nitrogen and oxygen atoms in total. The average Bonchev–Trinajstić information content (AvgIpc) is 2.19. The van der Waals surface area contributed by atoms with Gasteiger partial charge >= 0.3 is 0 Å². The van der Waals surface area contributed by atoms with Crippen LogP contribution in [0.15, 0.2) is 0 Å². The van der Waals surface area contributed by atoms with E-state index in [-0.39, 0.29) is 5.91 Å². The van der Waals surface area contributed by atoms with Crippen LogP contribution in [0.4, 0.5) is 0 Å². The van der Waals surface area contributed by atoms with Gasteiger partial charge in [-0.25, -0.2) is 0 Å². The number of amides is 1. The van der Waals surface area contributed by atoms with Crippen molar-refractivity contribution in [2.75, 3.05) is 12.0 Å². The van der Waals surface area contributed by atoms with Gasteiger partial charge in [0, 0.05) is 17.7 Å². The lowest BCUT2D eigenvalue weighted by Gasteiger charge is -2.27. The Morgan fingerprint density at radius 3 is 2.57 bits per heavy atom. The van der Waals surface area contributed by atoms with Crippen LogP contribution >= 0.6 is 24.4 Å². The Morgan fingerprint density at radius 2 is 2.07 bits per heavy atom. The predicted molar refractivity (Wildman–Crippen MR) is 66.2 cm³/mol. The average molecular weight is 233 g/mol. The lowest BCUT2D eigenvalue weighted by Crippen LogP contribution is -2.38. The van der Waals surface area contributed by atoms with E-state index in [2.05, 4.69) is 24.2 Å². The second-order valence-corrected chi connectivity index (χ2v) is 5.34. The van der Waals surface area contributed by atoms with Crippen LogP contribution in [-0.2, 0) is 4.79 Å². The fraction of sp³-hybridized carbons (Fsp3) is 0.900. The first-order valence-electron chi connectivity index (χ1n) is 5.19. The van der Waals surface area contributed by atoms with Gasteiger partial charge in [-0.05, 0) is 37.7 Å². The maximum absolute atomic E-state index is 11.3. The maximum atomic E-state index is 11.3. The van der Waals surface area contributed by atoms with Gasteiger partial charge in [-0.1, -0.05) is 0 Å². The van der Waals surface area contributed by atoms with E-state index >= 15 is 0 Å². The van der Waals surface area contributed by atoms with Crippen molar-refractivity contribution in [3.63, 3.8) is 0 Å². The van der Waals surface area contributed by atoms with E-state index in [1.54, 1.807) is 0 Å². The summed E-state index contributed by atoms with van der Waals surface area (Å²) in [5.74, 6) is 0.805. The highest BCUT2D eigenvalue weighted by atomic mass is 32.2. The van der Waals surface area contributed by atoms with Crippen molar-refractivity contribution in [1.29, 1.82) is 0 Å². The monoisotopic (exact) mass is 233 g/mol. The number of hydrogen-bond acceptors (Lipinski definition) is 3. The SMILES string of the molecule is CSC1CCC(NC(=O)CCS)CC1. The normalized spacial score (nSPS) is 27.3. The Balaban J connectivity index is 2.18. The van der Waals surface area contributed by atoms with E-state index in [0.29, 0.717) is 18.2 Å². The van der Waals surface area contributed by atoms with Crippen molar-refractivity contribution in [1.82, 2.24) is 5.32 Å². The Morgan fingerprint density at radius 1 is 1.43 bits per heavy atom. The quantitative estimate of drug-likeness (QED) is 0.728. The van der Waals surface area contributed by atoms with Gasteiger partial charge in [0.1, 0.15) is 0 Å². The van der Waals surface area contributed by atoms with Gasteiger partial charge in [-0.15, -0.1) is 0 Å². The highest BCUT2D eigenvalue weighted by molar-refractivity contribution is 7.99. The van der Waals surface area contributed by atoms with E-state index in [9.17, 15) is 4.79 Å². The van der Waals surface area contributed by atoms with Crippen LogP contribution in [0.5, 0.6) is 0 Å². The zero-order chi connectivity index (χ0) is 10.4. The molecule has 0 unspecified atom stereocenters. The molecule has 1 amide bonds. The van der Waals surface area contributed by atoms with Crippen molar-refractivity contribution in [3.8, 4) is 0 Å². The van der Waals surface area contributed by atoms with Crippen LogP contribution in [-0.4, -0.2) is 29.2 Å². The molecule has 4 heteroatoms. The molecule has 0 saturated heterocycles. The van der Waals surface area contributed by atoms with Crippen LogP contribution in [0.25, 0.3) is 0 Å². The third-order valence-electron chi connectivity index (χ3n) is 2.71.